The third-order valence-electron chi connectivity index (χ3n) is 3.58. The predicted molar refractivity (Wildman–Crippen MR) is 70.6 cm³/mol. The van der Waals surface area contributed by atoms with Gasteiger partial charge in [-0.25, -0.2) is 4.39 Å². The summed E-state index contributed by atoms with van der Waals surface area (Å²) in [6, 6.07) is 3.85. The van der Waals surface area contributed by atoms with E-state index in [1.54, 1.807) is 4.90 Å². The minimum absolute atomic E-state index is 0.161. The summed E-state index contributed by atoms with van der Waals surface area (Å²) in [6.07, 6.45) is 3.03. The lowest BCUT2D eigenvalue weighted by Crippen LogP contribution is -2.42. The van der Waals surface area contributed by atoms with Gasteiger partial charge in [0.25, 0.3) is 5.91 Å². The number of benzene rings is 1. The molecule has 1 aliphatic rings. The van der Waals surface area contributed by atoms with E-state index in [2.05, 4.69) is 0 Å². The summed E-state index contributed by atoms with van der Waals surface area (Å²) in [5.74, 6) is -0.910. The van der Waals surface area contributed by atoms with E-state index in [-0.39, 0.29) is 17.4 Å². The SMILES string of the molecule is C[C@@H]1CCCCN1C(=O)c1ccc(F)c(B(O)O)c1. The van der Waals surface area contributed by atoms with Crippen LogP contribution >= 0.6 is 0 Å². The number of amides is 1. The van der Waals surface area contributed by atoms with Crippen LogP contribution in [-0.4, -0.2) is 40.6 Å². The molecule has 0 bridgehead atoms. The van der Waals surface area contributed by atoms with Crippen molar-refractivity contribution in [1.29, 1.82) is 0 Å². The van der Waals surface area contributed by atoms with Gasteiger partial charge in [0.2, 0.25) is 0 Å². The van der Waals surface area contributed by atoms with Crippen molar-refractivity contribution in [2.75, 3.05) is 6.54 Å². The Hall–Kier alpha value is -1.40. The standard InChI is InChI=1S/C13H17BFNO3/c1-9-4-2-3-7-16(9)13(17)10-5-6-12(15)11(8-10)14(18)19/h5-6,8-9,18-19H,2-4,7H2,1H3/t9-/m1/s1. The van der Waals surface area contributed by atoms with Crippen LogP contribution in [0.15, 0.2) is 18.2 Å². The molecule has 102 valence electrons. The summed E-state index contributed by atoms with van der Waals surface area (Å²) in [5, 5.41) is 18.1. The first-order valence-electron chi connectivity index (χ1n) is 6.47. The van der Waals surface area contributed by atoms with Crippen LogP contribution in [0.5, 0.6) is 0 Å². The van der Waals surface area contributed by atoms with E-state index in [4.69, 9.17) is 10.0 Å². The van der Waals surface area contributed by atoms with Crippen molar-refractivity contribution < 1.29 is 19.2 Å². The third kappa shape index (κ3) is 2.96. The fourth-order valence-corrected chi connectivity index (χ4v) is 2.44. The summed E-state index contributed by atoms with van der Waals surface area (Å²) >= 11 is 0. The van der Waals surface area contributed by atoms with Gasteiger partial charge in [0, 0.05) is 23.6 Å². The van der Waals surface area contributed by atoms with Gasteiger partial charge in [-0.05, 0) is 44.4 Å². The van der Waals surface area contributed by atoms with Gasteiger partial charge in [0.1, 0.15) is 5.82 Å². The van der Waals surface area contributed by atoms with Crippen molar-refractivity contribution in [3.63, 3.8) is 0 Å². The Labute approximate surface area is 112 Å². The summed E-state index contributed by atoms with van der Waals surface area (Å²) in [5.41, 5.74) is 0.0220. The highest BCUT2D eigenvalue weighted by molar-refractivity contribution is 6.58. The lowest BCUT2D eigenvalue weighted by Gasteiger charge is -2.33. The minimum atomic E-state index is -1.91. The molecule has 1 fully saturated rings. The molecule has 0 aromatic heterocycles. The number of carbonyl (C=O) groups excluding carboxylic acids is 1. The molecule has 1 aromatic rings. The molecule has 2 N–H and O–H groups in total. The number of piperidine rings is 1. The Morgan fingerprint density at radius 2 is 2.16 bits per heavy atom. The summed E-state index contributed by atoms with van der Waals surface area (Å²) in [7, 11) is -1.91. The topological polar surface area (TPSA) is 60.8 Å². The van der Waals surface area contributed by atoms with Crippen LogP contribution in [-0.2, 0) is 0 Å². The van der Waals surface area contributed by atoms with Gasteiger partial charge in [0.15, 0.2) is 0 Å². The molecule has 1 atom stereocenters. The van der Waals surface area contributed by atoms with Gasteiger partial charge >= 0.3 is 7.12 Å². The Morgan fingerprint density at radius 3 is 2.79 bits per heavy atom. The second-order valence-corrected chi connectivity index (χ2v) is 4.95. The Bertz CT molecular complexity index is 481. The first-order valence-corrected chi connectivity index (χ1v) is 6.47. The number of halogens is 1. The zero-order chi connectivity index (χ0) is 14.0. The summed E-state index contributed by atoms with van der Waals surface area (Å²) < 4.78 is 13.4. The van der Waals surface area contributed by atoms with Crippen LogP contribution in [0.2, 0.25) is 0 Å². The highest BCUT2D eigenvalue weighted by atomic mass is 19.1. The average molecular weight is 265 g/mol. The zero-order valence-corrected chi connectivity index (χ0v) is 10.8. The summed E-state index contributed by atoms with van der Waals surface area (Å²) in [6.45, 7) is 2.68. The van der Waals surface area contributed by atoms with Gasteiger partial charge in [0.05, 0.1) is 0 Å². The quantitative estimate of drug-likeness (QED) is 0.766. The number of likely N-dealkylation sites (tertiary alicyclic amines) is 1. The molecule has 1 amide bonds. The van der Waals surface area contributed by atoms with E-state index in [0.29, 0.717) is 12.1 Å². The number of hydrogen-bond acceptors (Lipinski definition) is 3. The summed E-state index contributed by atoms with van der Waals surface area (Å²) in [4.78, 5) is 14.1. The van der Waals surface area contributed by atoms with Crippen molar-refractivity contribution in [3.05, 3.63) is 29.6 Å². The molecule has 1 aliphatic heterocycles. The molecule has 0 unspecified atom stereocenters. The maximum absolute atomic E-state index is 13.4. The average Bonchev–Trinajstić information content (AvgIpc) is 2.38. The Morgan fingerprint density at radius 1 is 1.42 bits per heavy atom. The molecule has 0 aliphatic carbocycles. The van der Waals surface area contributed by atoms with Crippen LogP contribution < -0.4 is 5.46 Å². The van der Waals surface area contributed by atoms with Gasteiger partial charge in [-0.2, -0.15) is 0 Å². The van der Waals surface area contributed by atoms with Gasteiger partial charge < -0.3 is 14.9 Å². The fourth-order valence-electron chi connectivity index (χ4n) is 2.44. The molecule has 1 heterocycles. The number of carbonyl (C=O) groups is 1. The lowest BCUT2D eigenvalue weighted by molar-refractivity contribution is 0.0635. The van der Waals surface area contributed by atoms with Crippen LogP contribution in [0.3, 0.4) is 0 Å². The fraction of sp³-hybridized carbons (Fsp3) is 0.462. The van der Waals surface area contributed by atoms with Crippen molar-refractivity contribution in [2.24, 2.45) is 0 Å². The monoisotopic (exact) mass is 265 g/mol. The first kappa shape index (κ1) is 14.0. The van der Waals surface area contributed by atoms with E-state index in [9.17, 15) is 9.18 Å². The molecule has 0 spiro atoms. The van der Waals surface area contributed by atoms with E-state index in [0.717, 1.165) is 25.3 Å². The van der Waals surface area contributed by atoms with E-state index < -0.39 is 12.9 Å². The van der Waals surface area contributed by atoms with E-state index >= 15 is 0 Å². The van der Waals surface area contributed by atoms with E-state index in [1.165, 1.54) is 12.1 Å². The van der Waals surface area contributed by atoms with Crippen LogP contribution in [0.1, 0.15) is 36.5 Å². The molecule has 1 saturated heterocycles. The minimum Gasteiger partial charge on any atom is -0.423 e. The highest BCUT2D eigenvalue weighted by Gasteiger charge is 2.26. The van der Waals surface area contributed by atoms with Crippen molar-refractivity contribution >= 4 is 18.5 Å². The van der Waals surface area contributed by atoms with Crippen LogP contribution in [0.25, 0.3) is 0 Å². The molecular formula is C13H17BFNO3. The van der Waals surface area contributed by atoms with E-state index in [1.807, 2.05) is 6.92 Å². The molecule has 0 saturated carbocycles. The van der Waals surface area contributed by atoms with Crippen molar-refractivity contribution in [1.82, 2.24) is 4.90 Å². The van der Waals surface area contributed by atoms with Crippen LogP contribution in [0, 0.1) is 5.82 Å². The van der Waals surface area contributed by atoms with Crippen molar-refractivity contribution in [2.45, 2.75) is 32.2 Å². The second kappa shape index (κ2) is 5.71. The molecule has 4 nitrogen and oxygen atoms in total. The largest absolute Gasteiger partial charge is 0.491 e. The Kier molecular flexibility index (Phi) is 4.22. The van der Waals surface area contributed by atoms with Gasteiger partial charge in [-0.3, -0.25) is 4.79 Å². The second-order valence-electron chi connectivity index (χ2n) is 4.95. The lowest BCUT2D eigenvalue weighted by atomic mass is 9.79. The first-order chi connectivity index (χ1) is 9.00. The molecule has 2 rings (SSSR count). The number of rotatable bonds is 2. The maximum atomic E-state index is 13.4. The normalized spacial score (nSPS) is 19.4. The molecule has 19 heavy (non-hydrogen) atoms. The zero-order valence-electron chi connectivity index (χ0n) is 10.8. The number of nitrogens with zero attached hydrogens (tertiary/aromatic N) is 1. The van der Waals surface area contributed by atoms with Crippen molar-refractivity contribution in [3.8, 4) is 0 Å². The molecular weight excluding hydrogens is 248 g/mol. The molecule has 0 radical (unpaired) electrons. The number of hydrogen-bond donors (Lipinski definition) is 2. The highest BCUT2D eigenvalue weighted by Crippen LogP contribution is 2.19. The van der Waals surface area contributed by atoms with Gasteiger partial charge in [-0.1, -0.05) is 0 Å². The maximum Gasteiger partial charge on any atom is 0.491 e. The predicted octanol–water partition coefficient (Wildman–Crippen LogP) is 0.520. The third-order valence-corrected chi connectivity index (χ3v) is 3.58. The van der Waals surface area contributed by atoms with Crippen LogP contribution in [0.4, 0.5) is 4.39 Å². The smallest absolute Gasteiger partial charge is 0.423 e. The molecule has 6 heteroatoms. The van der Waals surface area contributed by atoms with Gasteiger partial charge in [-0.15, -0.1) is 0 Å². The Balaban J connectivity index is 2.26. The molecule has 1 aromatic carbocycles.